The van der Waals surface area contributed by atoms with Crippen molar-refractivity contribution in [2.24, 2.45) is 0 Å². The lowest BCUT2D eigenvalue weighted by Gasteiger charge is -2.30. The van der Waals surface area contributed by atoms with Crippen LogP contribution in [-0.4, -0.2) is 22.2 Å². The van der Waals surface area contributed by atoms with Gasteiger partial charge in [-0.2, -0.15) is 0 Å². The molecule has 1 saturated carbocycles. The Morgan fingerprint density at radius 2 is 2.03 bits per heavy atom. The van der Waals surface area contributed by atoms with E-state index in [0.717, 1.165) is 37.0 Å². The third-order valence-corrected chi connectivity index (χ3v) is 7.39. The van der Waals surface area contributed by atoms with Gasteiger partial charge in [-0.3, -0.25) is 4.79 Å². The minimum atomic E-state index is -1.16. The summed E-state index contributed by atoms with van der Waals surface area (Å²) in [7, 11) is 0. The number of carboxylic acid groups (broad SMARTS) is 1. The van der Waals surface area contributed by atoms with Gasteiger partial charge in [-0.05, 0) is 42.2 Å². The maximum atomic E-state index is 12.7. The summed E-state index contributed by atoms with van der Waals surface area (Å²) in [5.74, 6) is -1.16. The Kier molecular flexibility index (Phi) is 4.96. The number of pyridine rings is 1. The minimum absolute atomic E-state index is 0. The smallest absolute Gasteiger partial charge is 0.341 e. The highest BCUT2D eigenvalue weighted by molar-refractivity contribution is 8.93. The summed E-state index contributed by atoms with van der Waals surface area (Å²) in [4.78, 5) is 26.8. The molecule has 0 saturated heterocycles. The number of carboxylic acids is 1. The first kappa shape index (κ1) is 20.3. The van der Waals surface area contributed by atoms with Crippen molar-refractivity contribution < 1.29 is 9.90 Å². The van der Waals surface area contributed by atoms with Gasteiger partial charge in [0.15, 0.2) is 0 Å². The monoisotopic (exact) mass is 474 g/mol. The van der Waals surface area contributed by atoms with Crippen molar-refractivity contribution in [2.45, 2.75) is 44.7 Å². The second kappa shape index (κ2) is 7.07. The first-order chi connectivity index (χ1) is 13.3. The average molecular weight is 475 g/mol. The number of aromatic nitrogens is 1. The number of aromatic carboxylic acids is 1. The number of carbonyl (C=O) groups is 1. The topological polar surface area (TPSA) is 71.3 Å². The highest BCUT2D eigenvalue weighted by Crippen LogP contribution is 2.42. The van der Waals surface area contributed by atoms with Crippen LogP contribution in [0.3, 0.4) is 0 Å². The number of rotatable bonds is 3. The highest BCUT2D eigenvalue weighted by Gasteiger charge is 2.30. The molecule has 2 N–H and O–H groups in total. The molecule has 1 aromatic carbocycles. The van der Waals surface area contributed by atoms with Gasteiger partial charge in [0.25, 0.3) is 0 Å². The largest absolute Gasteiger partial charge is 0.477 e. The fourth-order valence-corrected chi connectivity index (χ4v) is 5.45. The lowest BCUT2D eigenvalue weighted by Crippen LogP contribution is -2.37. The van der Waals surface area contributed by atoms with Gasteiger partial charge in [0.05, 0.1) is 5.52 Å². The zero-order valence-electron chi connectivity index (χ0n) is 16.3. The van der Waals surface area contributed by atoms with Crippen LogP contribution in [0, 0.1) is 0 Å². The number of fused-ring (bicyclic) bond motifs is 2. The molecular weight excluding hydrogens is 452 g/mol. The fourth-order valence-electron chi connectivity index (χ4n) is 4.18. The zero-order valence-corrected chi connectivity index (χ0v) is 18.8. The van der Waals surface area contributed by atoms with Crippen LogP contribution < -0.4 is 10.7 Å². The highest BCUT2D eigenvalue weighted by atomic mass is 79.9. The van der Waals surface area contributed by atoms with Crippen LogP contribution in [0.2, 0.25) is 0 Å². The van der Waals surface area contributed by atoms with E-state index in [9.17, 15) is 14.7 Å². The van der Waals surface area contributed by atoms with E-state index in [1.54, 1.807) is 6.07 Å². The quantitative estimate of drug-likeness (QED) is 0.575. The Balaban J connectivity index is 0.00000205. The summed E-state index contributed by atoms with van der Waals surface area (Å²) < 4.78 is 1.99. The van der Waals surface area contributed by atoms with E-state index in [1.165, 1.54) is 21.5 Å². The van der Waals surface area contributed by atoms with Gasteiger partial charge in [0.2, 0.25) is 5.43 Å². The van der Waals surface area contributed by atoms with Gasteiger partial charge in [-0.25, -0.2) is 4.79 Å². The summed E-state index contributed by atoms with van der Waals surface area (Å²) in [5.41, 5.74) is 2.82. The molecule has 0 bridgehead atoms. The van der Waals surface area contributed by atoms with Gasteiger partial charge < -0.3 is 15.0 Å². The minimum Gasteiger partial charge on any atom is -0.477 e. The van der Waals surface area contributed by atoms with E-state index >= 15 is 0 Å². The maximum absolute atomic E-state index is 12.7. The first-order valence-corrected chi connectivity index (χ1v) is 10.4. The van der Waals surface area contributed by atoms with Crippen molar-refractivity contribution in [1.82, 2.24) is 9.88 Å². The summed E-state index contributed by atoms with van der Waals surface area (Å²) in [6, 6.07) is 8.33. The maximum Gasteiger partial charge on any atom is 0.341 e. The molecule has 0 spiro atoms. The van der Waals surface area contributed by atoms with Crippen LogP contribution in [-0.2, 0) is 12.0 Å². The van der Waals surface area contributed by atoms with Crippen molar-refractivity contribution in [3.63, 3.8) is 0 Å². The van der Waals surface area contributed by atoms with E-state index < -0.39 is 11.4 Å². The average Bonchev–Trinajstić information content (AvgIpc) is 3.39. The van der Waals surface area contributed by atoms with Gasteiger partial charge in [-0.15, -0.1) is 28.3 Å². The van der Waals surface area contributed by atoms with E-state index in [4.69, 9.17) is 0 Å². The molecule has 1 aliphatic heterocycles. The van der Waals surface area contributed by atoms with Crippen molar-refractivity contribution in [3.05, 3.63) is 56.7 Å². The van der Waals surface area contributed by atoms with Crippen LogP contribution >= 0.6 is 28.3 Å². The molecule has 2 aliphatic rings. The van der Waals surface area contributed by atoms with Crippen LogP contribution in [0.15, 0.2) is 35.3 Å². The molecule has 5 rings (SSSR count). The van der Waals surface area contributed by atoms with Gasteiger partial charge in [-0.1, -0.05) is 19.9 Å². The molecule has 7 heteroatoms. The van der Waals surface area contributed by atoms with Crippen LogP contribution in [0.5, 0.6) is 0 Å². The van der Waals surface area contributed by atoms with E-state index in [-0.39, 0.29) is 34.0 Å². The predicted molar refractivity (Wildman–Crippen MR) is 122 cm³/mol. The number of hydrogen-bond acceptors (Lipinski definition) is 4. The third-order valence-electron chi connectivity index (χ3n) is 5.79. The van der Waals surface area contributed by atoms with Crippen molar-refractivity contribution in [3.8, 4) is 10.4 Å². The summed E-state index contributed by atoms with van der Waals surface area (Å²) in [5, 5.41) is 13.4. The second-order valence-corrected chi connectivity index (χ2v) is 9.55. The van der Waals surface area contributed by atoms with Crippen molar-refractivity contribution in [2.75, 3.05) is 6.54 Å². The number of nitrogens with one attached hydrogen (secondary N) is 1. The summed E-state index contributed by atoms with van der Waals surface area (Å²) >= 11 is 1.82. The SMILES string of the molecule is Br.CC1(C)CNCc2cc(-c3ccc4c(=O)c(C(=O)O)cn(C5CC5)c4c3)sc21. The molecule has 152 valence electrons. The van der Waals surface area contributed by atoms with E-state index in [0.29, 0.717) is 5.39 Å². The Bertz CT molecular complexity index is 1190. The van der Waals surface area contributed by atoms with Crippen molar-refractivity contribution >= 4 is 45.2 Å². The lowest BCUT2D eigenvalue weighted by molar-refractivity contribution is 0.0695. The molecule has 5 nitrogen and oxygen atoms in total. The molecule has 2 aromatic heterocycles. The van der Waals surface area contributed by atoms with Crippen LogP contribution in [0.4, 0.5) is 0 Å². The molecule has 0 amide bonds. The Morgan fingerprint density at radius 1 is 1.28 bits per heavy atom. The molecule has 1 fully saturated rings. The number of thiophene rings is 1. The first-order valence-electron chi connectivity index (χ1n) is 9.61. The zero-order chi connectivity index (χ0) is 19.6. The molecular formula is C22H23BrN2O3S. The van der Waals surface area contributed by atoms with Gasteiger partial charge >= 0.3 is 5.97 Å². The summed E-state index contributed by atoms with van der Waals surface area (Å²) in [6.07, 6.45) is 3.57. The Morgan fingerprint density at radius 3 is 2.69 bits per heavy atom. The number of hydrogen-bond donors (Lipinski definition) is 2. The summed E-state index contributed by atoms with van der Waals surface area (Å²) in [6.45, 7) is 6.38. The fraction of sp³-hybridized carbons (Fsp3) is 0.364. The molecule has 0 atom stereocenters. The Hall–Kier alpha value is -1.96. The molecule has 3 heterocycles. The lowest BCUT2D eigenvalue weighted by atomic mass is 9.86. The van der Waals surface area contributed by atoms with Crippen LogP contribution in [0.25, 0.3) is 21.3 Å². The van der Waals surface area contributed by atoms with Gasteiger partial charge in [0, 0.05) is 45.9 Å². The van der Waals surface area contributed by atoms with E-state index in [2.05, 4.69) is 31.3 Å². The van der Waals surface area contributed by atoms with E-state index in [1.807, 2.05) is 22.0 Å². The number of nitrogens with zero attached hydrogens (tertiary/aromatic N) is 1. The third kappa shape index (κ3) is 3.35. The molecule has 0 unspecified atom stereocenters. The number of halogens is 1. The Labute approximate surface area is 183 Å². The normalized spacial score (nSPS) is 17.6. The number of benzene rings is 1. The standard InChI is InChI=1S/C22H22N2O3S.BrH/c1-22(2)11-23-9-13-8-18(28-20(13)22)12-3-6-15-17(7-12)24(14-4-5-14)10-16(19(15)25)21(26)27;/h3,6-8,10,14,23H,4-5,9,11H2,1-2H3,(H,26,27);1H. The van der Waals surface area contributed by atoms with Crippen molar-refractivity contribution in [1.29, 1.82) is 0 Å². The second-order valence-electron chi connectivity index (χ2n) is 8.50. The molecule has 0 radical (unpaired) electrons. The van der Waals surface area contributed by atoms with Crippen LogP contribution in [0.1, 0.15) is 53.5 Å². The van der Waals surface area contributed by atoms with Gasteiger partial charge in [0.1, 0.15) is 5.56 Å². The molecule has 1 aliphatic carbocycles. The molecule has 29 heavy (non-hydrogen) atoms. The predicted octanol–water partition coefficient (Wildman–Crippen LogP) is 4.72. The molecule has 3 aromatic rings.